The minimum absolute atomic E-state index is 0.330. The van der Waals surface area contributed by atoms with Gasteiger partial charge in [-0.2, -0.15) is 0 Å². The fourth-order valence-electron chi connectivity index (χ4n) is 1.80. The summed E-state index contributed by atoms with van der Waals surface area (Å²) >= 11 is 3.17. The second-order valence-corrected chi connectivity index (χ2v) is 4.80. The van der Waals surface area contributed by atoms with Gasteiger partial charge in [0, 0.05) is 11.3 Å². The second kappa shape index (κ2) is 5.56. The molecule has 0 aliphatic carbocycles. The lowest BCUT2D eigenvalue weighted by molar-refractivity contribution is 0.548. The third kappa shape index (κ3) is 2.58. The molecular weight excluding hydrogens is 297 g/mol. The van der Waals surface area contributed by atoms with Crippen LogP contribution in [0.1, 0.15) is 23.0 Å². The lowest BCUT2D eigenvalue weighted by atomic mass is 10.0. The molecule has 0 aliphatic heterocycles. The zero-order valence-corrected chi connectivity index (χ0v) is 11.4. The van der Waals surface area contributed by atoms with Gasteiger partial charge in [0.1, 0.15) is 5.82 Å². The minimum atomic E-state index is -0.470. The highest BCUT2D eigenvalue weighted by molar-refractivity contribution is 9.10. The first-order valence-electron chi connectivity index (χ1n) is 5.47. The SMILES string of the molecule is Cc1cccc(C(NN)c2cccc(Br)c2F)n1. The first-order chi connectivity index (χ1) is 8.63. The van der Waals surface area contributed by atoms with Crippen molar-refractivity contribution < 1.29 is 4.39 Å². The summed E-state index contributed by atoms with van der Waals surface area (Å²) in [6.45, 7) is 1.88. The van der Waals surface area contributed by atoms with Crippen LogP contribution in [0.25, 0.3) is 0 Å². The molecule has 3 nitrogen and oxygen atoms in total. The minimum Gasteiger partial charge on any atom is -0.271 e. The third-order valence-electron chi connectivity index (χ3n) is 2.66. The number of nitrogens with two attached hydrogens (primary N) is 1. The van der Waals surface area contributed by atoms with Gasteiger partial charge in [-0.3, -0.25) is 10.8 Å². The van der Waals surface area contributed by atoms with E-state index in [1.54, 1.807) is 18.2 Å². The van der Waals surface area contributed by atoms with Crippen LogP contribution >= 0.6 is 15.9 Å². The molecule has 0 aliphatic rings. The largest absolute Gasteiger partial charge is 0.271 e. The van der Waals surface area contributed by atoms with Gasteiger partial charge in [-0.05, 0) is 41.1 Å². The van der Waals surface area contributed by atoms with Gasteiger partial charge in [0.25, 0.3) is 0 Å². The first-order valence-corrected chi connectivity index (χ1v) is 6.26. The standard InChI is InChI=1S/C13H13BrFN3/c1-8-4-2-7-11(17-8)13(18-16)9-5-3-6-10(14)12(9)15/h2-7,13,18H,16H2,1H3. The molecule has 94 valence electrons. The Kier molecular flexibility index (Phi) is 4.06. The van der Waals surface area contributed by atoms with Crippen molar-refractivity contribution in [1.29, 1.82) is 0 Å². The normalized spacial score (nSPS) is 12.4. The molecule has 1 heterocycles. The first kappa shape index (κ1) is 13.1. The Morgan fingerprint density at radius 2 is 2.00 bits per heavy atom. The maximum Gasteiger partial charge on any atom is 0.142 e. The Hall–Kier alpha value is -1.30. The number of aromatic nitrogens is 1. The number of aryl methyl sites for hydroxylation is 1. The average molecular weight is 310 g/mol. The van der Waals surface area contributed by atoms with E-state index in [1.165, 1.54) is 0 Å². The van der Waals surface area contributed by atoms with E-state index in [0.717, 1.165) is 5.69 Å². The molecule has 1 atom stereocenters. The predicted octanol–water partition coefficient (Wildman–Crippen LogP) is 2.84. The summed E-state index contributed by atoms with van der Waals surface area (Å²) in [6.07, 6.45) is 0. The molecule has 0 saturated heterocycles. The zero-order valence-electron chi connectivity index (χ0n) is 9.82. The van der Waals surface area contributed by atoms with E-state index in [9.17, 15) is 4.39 Å². The number of halogens is 2. The highest BCUT2D eigenvalue weighted by Crippen LogP contribution is 2.27. The Morgan fingerprint density at radius 3 is 2.67 bits per heavy atom. The summed E-state index contributed by atoms with van der Waals surface area (Å²) in [5, 5.41) is 0. The van der Waals surface area contributed by atoms with E-state index in [1.807, 2.05) is 25.1 Å². The van der Waals surface area contributed by atoms with Crippen molar-refractivity contribution in [2.24, 2.45) is 5.84 Å². The Balaban J connectivity index is 2.49. The van der Waals surface area contributed by atoms with Crippen molar-refractivity contribution >= 4 is 15.9 Å². The van der Waals surface area contributed by atoms with Crippen molar-refractivity contribution in [2.45, 2.75) is 13.0 Å². The lowest BCUT2D eigenvalue weighted by Gasteiger charge is -2.17. The molecule has 2 aromatic rings. The Bertz CT molecular complexity index is 560. The van der Waals surface area contributed by atoms with Gasteiger partial charge >= 0.3 is 0 Å². The summed E-state index contributed by atoms with van der Waals surface area (Å²) in [5.41, 5.74) is 4.62. The molecule has 1 unspecified atom stereocenters. The summed E-state index contributed by atoms with van der Waals surface area (Å²) < 4.78 is 14.5. The number of hydrogen-bond donors (Lipinski definition) is 2. The van der Waals surface area contributed by atoms with Gasteiger partial charge in [0.05, 0.1) is 16.2 Å². The van der Waals surface area contributed by atoms with Gasteiger partial charge in [-0.15, -0.1) is 0 Å². The number of rotatable bonds is 3. The monoisotopic (exact) mass is 309 g/mol. The molecule has 0 bridgehead atoms. The van der Waals surface area contributed by atoms with Crippen molar-refractivity contribution in [2.75, 3.05) is 0 Å². The zero-order chi connectivity index (χ0) is 13.1. The van der Waals surface area contributed by atoms with Crippen molar-refractivity contribution in [3.8, 4) is 0 Å². The molecular formula is C13H13BrFN3. The third-order valence-corrected chi connectivity index (χ3v) is 3.28. The maximum atomic E-state index is 14.1. The molecule has 1 aromatic carbocycles. The second-order valence-electron chi connectivity index (χ2n) is 3.95. The van der Waals surface area contributed by atoms with Crippen molar-refractivity contribution in [1.82, 2.24) is 10.4 Å². The van der Waals surface area contributed by atoms with Crippen molar-refractivity contribution in [3.63, 3.8) is 0 Å². The molecule has 0 radical (unpaired) electrons. The van der Waals surface area contributed by atoms with Crippen LogP contribution in [0.5, 0.6) is 0 Å². The molecule has 0 spiro atoms. The molecule has 3 N–H and O–H groups in total. The highest BCUT2D eigenvalue weighted by Gasteiger charge is 2.19. The number of pyridine rings is 1. The smallest absolute Gasteiger partial charge is 0.142 e. The lowest BCUT2D eigenvalue weighted by Crippen LogP contribution is -2.30. The number of benzene rings is 1. The summed E-state index contributed by atoms with van der Waals surface area (Å²) in [5.74, 6) is 5.20. The fraction of sp³-hybridized carbons (Fsp3) is 0.154. The van der Waals surface area contributed by atoms with Crippen LogP contribution in [-0.4, -0.2) is 4.98 Å². The predicted molar refractivity (Wildman–Crippen MR) is 72.2 cm³/mol. The van der Waals surface area contributed by atoms with Gasteiger partial charge in [-0.1, -0.05) is 18.2 Å². The van der Waals surface area contributed by atoms with Gasteiger partial charge < -0.3 is 0 Å². The number of hydrogen-bond acceptors (Lipinski definition) is 3. The summed E-state index contributed by atoms with van der Waals surface area (Å²) in [4.78, 5) is 4.37. The number of nitrogens with one attached hydrogen (secondary N) is 1. The molecule has 5 heteroatoms. The van der Waals surface area contributed by atoms with Crippen LogP contribution in [0.2, 0.25) is 0 Å². The van der Waals surface area contributed by atoms with Crippen LogP contribution < -0.4 is 11.3 Å². The van der Waals surface area contributed by atoms with E-state index in [2.05, 4.69) is 26.3 Å². The average Bonchev–Trinajstić information content (AvgIpc) is 2.35. The van der Waals surface area contributed by atoms with Crippen LogP contribution in [-0.2, 0) is 0 Å². The molecule has 0 fully saturated rings. The molecule has 1 aromatic heterocycles. The number of nitrogens with zero attached hydrogens (tertiary/aromatic N) is 1. The van der Waals surface area contributed by atoms with Crippen LogP contribution in [0.4, 0.5) is 4.39 Å². The highest BCUT2D eigenvalue weighted by atomic mass is 79.9. The maximum absolute atomic E-state index is 14.1. The van der Waals surface area contributed by atoms with Gasteiger partial charge in [-0.25, -0.2) is 9.82 Å². The quantitative estimate of drug-likeness (QED) is 0.677. The topological polar surface area (TPSA) is 50.9 Å². The molecule has 18 heavy (non-hydrogen) atoms. The van der Waals surface area contributed by atoms with E-state index >= 15 is 0 Å². The fourth-order valence-corrected chi connectivity index (χ4v) is 2.18. The van der Waals surface area contributed by atoms with Gasteiger partial charge in [0.2, 0.25) is 0 Å². The Morgan fingerprint density at radius 1 is 1.28 bits per heavy atom. The Labute approximate surface area is 113 Å². The van der Waals surface area contributed by atoms with E-state index in [-0.39, 0.29) is 5.82 Å². The van der Waals surface area contributed by atoms with Crippen LogP contribution in [0.15, 0.2) is 40.9 Å². The van der Waals surface area contributed by atoms with Crippen LogP contribution in [0.3, 0.4) is 0 Å². The molecule has 0 amide bonds. The van der Waals surface area contributed by atoms with E-state index < -0.39 is 6.04 Å². The number of hydrazine groups is 1. The van der Waals surface area contributed by atoms with Gasteiger partial charge in [0.15, 0.2) is 0 Å². The van der Waals surface area contributed by atoms with Crippen molar-refractivity contribution in [3.05, 3.63) is 63.6 Å². The van der Waals surface area contributed by atoms with E-state index in [0.29, 0.717) is 15.7 Å². The summed E-state index contributed by atoms with van der Waals surface area (Å²) in [7, 11) is 0. The van der Waals surface area contributed by atoms with E-state index in [4.69, 9.17) is 5.84 Å². The van der Waals surface area contributed by atoms with Crippen LogP contribution in [0, 0.1) is 12.7 Å². The summed E-state index contributed by atoms with van der Waals surface area (Å²) in [6, 6.07) is 10.2. The molecule has 2 rings (SSSR count). The molecule has 0 saturated carbocycles.